The molecule has 0 spiro atoms. The number of carbonyl (C=O) groups is 1. The molecule has 4 nitrogen and oxygen atoms in total. The quantitative estimate of drug-likeness (QED) is 0.366. The van der Waals surface area contributed by atoms with Gasteiger partial charge in [0.25, 0.3) is 0 Å². The fourth-order valence-electron chi connectivity index (χ4n) is 4.48. The zero-order valence-electron chi connectivity index (χ0n) is 22.1. The lowest BCUT2D eigenvalue weighted by atomic mass is 9.81. The molecule has 0 fully saturated rings. The van der Waals surface area contributed by atoms with Crippen LogP contribution in [0.25, 0.3) is 11.1 Å². The number of aliphatic carboxylic acids is 1. The van der Waals surface area contributed by atoms with Crippen molar-refractivity contribution in [2.75, 3.05) is 7.11 Å². The highest BCUT2D eigenvalue weighted by Crippen LogP contribution is 2.37. The second kappa shape index (κ2) is 11.7. The molecule has 192 valence electrons. The average molecular weight is 493 g/mol. The molecule has 1 N–H and O–H groups in total. The van der Waals surface area contributed by atoms with Gasteiger partial charge in [0.1, 0.15) is 11.6 Å². The SMILES string of the molecule is COc1ccc(F)c(-c2cc(COC3C=CC([C@H](C=C(C)C)CC(=O)O)=CC3)ccc2C(C)(C)C)c1. The Balaban J connectivity index is 1.78. The van der Waals surface area contributed by atoms with Crippen LogP contribution in [0.5, 0.6) is 5.75 Å². The number of hydrogen-bond acceptors (Lipinski definition) is 3. The molecule has 0 radical (unpaired) electrons. The number of carboxylic acids is 1. The van der Waals surface area contributed by atoms with Crippen LogP contribution < -0.4 is 4.74 Å². The van der Waals surface area contributed by atoms with E-state index in [1.54, 1.807) is 19.2 Å². The fourth-order valence-corrected chi connectivity index (χ4v) is 4.48. The van der Waals surface area contributed by atoms with Crippen molar-refractivity contribution in [3.63, 3.8) is 0 Å². The molecule has 0 heterocycles. The van der Waals surface area contributed by atoms with Crippen LogP contribution >= 0.6 is 0 Å². The van der Waals surface area contributed by atoms with E-state index in [4.69, 9.17) is 9.47 Å². The first-order valence-electron chi connectivity index (χ1n) is 12.3. The molecule has 0 saturated carbocycles. The molecular weight excluding hydrogens is 455 g/mol. The van der Waals surface area contributed by atoms with Crippen molar-refractivity contribution in [3.05, 3.63) is 88.8 Å². The van der Waals surface area contributed by atoms with E-state index in [9.17, 15) is 14.3 Å². The van der Waals surface area contributed by atoms with Crippen molar-refractivity contribution < 1.29 is 23.8 Å². The van der Waals surface area contributed by atoms with E-state index < -0.39 is 5.97 Å². The van der Waals surface area contributed by atoms with E-state index in [1.165, 1.54) is 6.07 Å². The topological polar surface area (TPSA) is 55.8 Å². The number of rotatable bonds is 9. The maximum absolute atomic E-state index is 14.9. The van der Waals surface area contributed by atoms with Gasteiger partial charge in [-0.3, -0.25) is 4.79 Å². The second-order valence-electron chi connectivity index (χ2n) is 10.6. The molecule has 1 unspecified atom stereocenters. The van der Waals surface area contributed by atoms with Crippen LogP contribution in [-0.4, -0.2) is 24.3 Å². The lowest BCUT2D eigenvalue weighted by Gasteiger charge is -2.25. The smallest absolute Gasteiger partial charge is 0.304 e. The van der Waals surface area contributed by atoms with Crippen molar-refractivity contribution in [1.29, 1.82) is 0 Å². The number of ether oxygens (including phenoxy) is 2. The minimum atomic E-state index is -0.813. The minimum Gasteiger partial charge on any atom is -0.497 e. The zero-order chi connectivity index (χ0) is 26.5. The van der Waals surface area contributed by atoms with Crippen molar-refractivity contribution >= 4 is 5.97 Å². The molecular formula is C31H37FO4. The first-order chi connectivity index (χ1) is 17.0. The van der Waals surface area contributed by atoms with Gasteiger partial charge < -0.3 is 14.6 Å². The highest BCUT2D eigenvalue weighted by molar-refractivity contribution is 5.71. The molecule has 0 aliphatic heterocycles. The van der Waals surface area contributed by atoms with E-state index in [-0.39, 0.29) is 29.7 Å². The maximum Gasteiger partial charge on any atom is 0.304 e. The second-order valence-corrected chi connectivity index (χ2v) is 10.6. The van der Waals surface area contributed by atoms with Crippen LogP contribution in [0.3, 0.4) is 0 Å². The third kappa shape index (κ3) is 7.17. The van der Waals surface area contributed by atoms with Gasteiger partial charge in [0, 0.05) is 11.5 Å². The predicted octanol–water partition coefficient (Wildman–Crippen LogP) is 7.63. The van der Waals surface area contributed by atoms with E-state index in [1.807, 2.05) is 44.2 Å². The Bertz CT molecular complexity index is 1180. The monoisotopic (exact) mass is 492 g/mol. The Morgan fingerprint density at radius 1 is 1.17 bits per heavy atom. The van der Waals surface area contributed by atoms with Gasteiger partial charge in [-0.15, -0.1) is 0 Å². The molecule has 3 rings (SSSR count). The molecule has 1 aliphatic rings. The summed E-state index contributed by atoms with van der Waals surface area (Å²) in [6.45, 7) is 10.7. The number of carboxylic acid groups (broad SMARTS) is 1. The van der Waals surface area contributed by atoms with Gasteiger partial charge in [0.2, 0.25) is 0 Å². The Morgan fingerprint density at radius 3 is 2.50 bits per heavy atom. The van der Waals surface area contributed by atoms with Crippen molar-refractivity contribution in [2.45, 2.75) is 65.6 Å². The standard InChI is InChI=1S/C31H37FO4/c1-20(2)15-23(17-30(33)34)22-8-10-24(11-9-22)36-19-21-7-13-28(31(3,4)5)26(16-21)27-18-25(35-6)12-14-29(27)32/h7-10,12-16,18,23-24H,11,17,19H2,1-6H3,(H,33,34)/t23-,24?/m1/s1. The number of hydrogen-bond donors (Lipinski definition) is 1. The molecule has 0 aromatic heterocycles. The molecule has 0 saturated heterocycles. The highest BCUT2D eigenvalue weighted by atomic mass is 19.1. The summed E-state index contributed by atoms with van der Waals surface area (Å²) in [7, 11) is 1.58. The summed E-state index contributed by atoms with van der Waals surface area (Å²) in [6.07, 6.45) is 8.67. The van der Waals surface area contributed by atoms with Gasteiger partial charge in [0.05, 0.1) is 26.2 Å². The number of methoxy groups -OCH3 is 1. The van der Waals surface area contributed by atoms with Gasteiger partial charge in [-0.1, -0.05) is 62.8 Å². The first-order valence-corrected chi connectivity index (χ1v) is 12.3. The van der Waals surface area contributed by atoms with Gasteiger partial charge in [-0.2, -0.15) is 0 Å². The van der Waals surface area contributed by atoms with Crippen LogP contribution in [-0.2, 0) is 21.6 Å². The number of halogens is 1. The molecule has 1 aliphatic carbocycles. The van der Waals surface area contributed by atoms with Crippen LogP contribution in [0, 0.1) is 11.7 Å². The van der Waals surface area contributed by atoms with Gasteiger partial charge >= 0.3 is 5.97 Å². The normalized spacial score (nSPS) is 16.3. The molecule has 0 bridgehead atoms. The lowest BCUT2D eigenvalue weighted by molar-refractivity contribution is -0.137. The fraction of sp³-hybridized carbons (Fsp3) is 0.387. The minimum absolute atomic E-state index is 0.0661. The maximum atomic E-state index is 14.9. The molecule has 2 aromatic rings. The average Bonchev–Trinajstić information content (AvgIpc) is 2.81. The van der Waals surface area contributed by atoms with E-state index in [2.05, 4.69) is 32.9 Å². The summed E-state index contributed by atoms with van der Waals surface area (Å²) in [4.78, 5) is 11.3. The molecule has 2 aromatic carbocycles. The summed E-state index contributed by atoms with van der Waals surface area (Å²) in [6, 6.07) is 10.9. The van der Waals surface area contributed by atoms with E-state index in [0.29, 0.717) is 24.3 Å². The molecule has 36 heavy (non-hydrogen) atoms. The summed E-state index contributed by atoms with van der Waals surface area (Å²) in [5.41, 5.74) is 5.27. The van der Waals surface area contributed by atoms with Crippen molar-refractivity contribution in [3.8, 4) is 16.9 Å². The van der Waals surface area contributed by atoms with Crippen LogP contribution in [0.2, 0.25) is 0 Å². The molecule has 2 atom stereocenters. The van der Waals surface area contributed by atoms with Crippen molar-refractivity contribution in [2.24, 2.45) is 5.92 Å². The molecule has 5 heteroatoms. The Labute approximate surface area is 214 Å². The van der Waals surface area contributed by atoms with Crippen molar-refractivity contribution in [1.82, 2.24) is 0 Å². The summed E-state index contributed by atoms with van der Waals surface area (Å²) < 4.78 is 26.4. The summed E-state index contributed by atoms with van der Waals surface area (Å²) in [5, 5.41) is 9.27. The predicted molar refractivity (Wildman–Crippen MR) is 143 cm³/mol. The third-order valence-corrected chi connectivity index (χ3v) is 6.27. The molecule has 0 amide bonds. The van der Waals surface area contributed by atoms with E-state index >= 15 is 0 Å². The van der Waals surface area contributed by atoms with Gasteiger partial charge in [0.15, 0.2) is 0 Å². The third-order valence-electron chi connectivity index (χ3n) is 6.27. The Hall–Kier alpha value is -3.18. The van der Waals surface area contributed by atoms with E-state index in [0.717, 1.165) is 27.8 Å². The lowest BCUT2D eigenvalue weighted by Crippen LogP contribution is -2.16. The van der Waals surface area contributed by atoms with Gasteiger partial charge in [-0.05, 0) is 72.2 Å². The largest absolute Gasteiger partial charge is 0.497 e. The van der Waals surface area contributed by atoms with Crippen LogP contribution in [0.1, 0.15) is 58.6 Å². The van der Waals surface area contributed by atoms with Crippen LogP contribution in [0.15, 0.2) is 71.8 Å². The number of benzene rings is 2. The van der Waals surface area contributed by atoms with Crippen LogP contribution in [0.4, 0.5) is 4.39 Å². The number of allylic oxidation sites excluding steroid dienone is 4. The highest BCUT2D eigenvalue weighted by Gasteiger charge is 2.22. The summed E-state index contributed by atoms with van der Waals surface area (Å²) >= 11 is 0. The van der Waals surface area contributed by atoms with Gasteiger partial charge in [-0.25, -0.2) is 4.39 Å². The zero-order valence-corrected chi connectivity index (χ0v) is 22.1. The first kappa shape index (κ1) is 27.4. The Kier molecular flexibility index (Phi) is 8.91. The summed E-state index contributed by atoms with van der Waals surface area (Å²) in [5.74, 6) is -0.640. The Morgan fingerprint density at radius 2 is 1.92 bits per heavy atom.